The summed E-state index contributed by atoms with van der Waals surface area (Å²) in [6.07, 6.45) is 2.91. The van der Waals surface area contributed by atoms with Crippen molar-refractivity contribution in [3.05, 3.63) is 65.0 Å². The first kappa shape index (κ1) is 15.8. The SMILES string of the molecule is Cc1cc(C)n2c(CNC(=O)/C=C/c3cccc(F)c3)nnc2n1. The van der Waals surface area contributed by atoms with Gasteiger partial charge in [-0.3, -0.25) is 9.20 Å². The number of nitrogens with zero attached hydrogens (tertiary/aromatic N) is 4. The van der Waals surface area contributed by atoms with Crippen molar-refractivity contribution in [3.8, 4) is 0 Å². The van der Waals surface area contributed by atoms with Gasteiger partial charge in [0.05, 0.1) is 6.54 Å². The van der Waals surface area contributed by atoms with Gasteiger partial charge in [-0.2, -0.15) is 0 Å². The Bertz CT molecular complexity index is 932. The highest BCUT2D eigenvalue weighted by Crippen LogP contribution is 2.08. The molecule has 3 aromatic rings. The molecule has 6 nitrogen and oxygen atoms in total. The van der Waals surface area contributed by atoms with Crippen molar-refractivity contribution in [2.24, 2.45) is 0 Å². The predicted octanol–water partition coefficient (Wildman–Crippen LogP) is 2.21. The summed E-state index contributed by atoms with van der Waals surface area (Å²) >= 11 is 0. The van der Waals surface area contributed by atoms with Crippen molar-refractivity contribution in [2.75, 3.05) is 0 Å². The van der Waals surface area contributed by atoms with Crippen LogP contribution in [0, 0.1) is 19.7 Å². The van der Waals surface area contributed by atoms with Crippen LogP contribution in [0.15, 0.2) is 36.4 Å². The maximum absolute atomic E-state index is 13.1. The molecule has 0 atom stereocenters. The third-order valence-electron chi connectivity index (χ3n) is 3.46. The molecule has 0 aliphatic heterocycles. The summed E-state index contributed by atoms with van der Waals surface area (Å²) in [5, 5.41) is 10.8. The van der Waals surface area contributed by atoms with E-state index in [-0.39, 0.29) is 18.3 Å². The van der Waals surface area contributed by atoms with Gasteiger partial charge >= 0.3 is 0 Å². The standard InChI is InChI=1S/C17H16FN5O/c1-11-8-12(2)23-15(21-22-17(23)20-11)10-19-16(24)7-6-13-4-3-5-14(18)9-13/h3-9H,10H2,1-2H3,(H,19,24)/b7-6+. The molecule has 7 heteroatoms. The van der Waals surface area contributed by atoms with E-state index in [1.165, 1.54) is 18.2 Å². The smallest absolute Gasteiger partial charge is 0.255 e. The Labute approximate surface area is 138 Å². The molecule has 0 spiro atoms. The molecule has 24 heavy (non-hydrogen) atoms. The minimum atomic E-state index is -0.342. The van der Waals surface area contributed by atoms with Crippen molar-refractivity contribution in [2.45, 2.75) is 20.4 Å². The first-order chi connectivity index (χ1) is 11.5. The number of carbonyl (C=O) groups is 1. The van der Waals surface area contributed by atoms with E-state index in [0.29, 0.717) is 17.2 Å². The maximum atomic E-state index is 13.1. The van der Waals surface area contributed by atoms with Gasteiger partial charge in [0.25, 0.3) is 5.78 Å². The van der Waals surface area contributed by atoms with Gasteiger partial charge < -0.3 is 5.32 Å². The Morgan fingerprint density at radius 3 is 2.92 bits per heavy atom. The van der Waals surface area contributed by atoms with E-state index in [9.17, 15) is 9.18 Å². The fraction of sp³-hybridized carbons (Fsp3) is 0.176. The predicted molar refractivity (Wildman–Crippen MR) is 87.5 cm³/mol. The first-order valence-corrected chi connectivity index (χ1v) is 7.42. The Kier molecular flexibility index (Phi) is 4.33. The summed E-state index contributed by atoms with van der Waals surface area (Å²) < 4.78 is 14.9. The molecule has 1 amide bonds. The van der Waals surface area contributed by atoms with Crippen LogP contribution in [-0.4, -0.2) is 25.5 Å². The van der Waals surface area contributed by atoms with Crippen molar-refractivity contribution < 1.29 is 9.18 Å². The van der Waals surface area contributed by atoms with Gasteiger partial charge in [-0.05, 0) is 43.7 Å². The molecule has 0 aliphatic rings. The van der Waals surface area contributed by atoms with Crippen molar-refractivity contribution in [1.82, 2.24) is 24.9 Å². The summed E-state index contributed by atoms with van der Waals surface area (Å²) in [6, 6.07) is 7.94. The number of carbonyl (C=O) groups excluding carboxylic acids is 1. The van der Waals surface area contributed by atoms with Crippen LogP contribution in [0.1, 0.15) is 22.8 Å². The molecule has 0 bridgehead atoms. The molecule has 0 radical (unpaired) electrons. The van der Waals surface area contributed by atoms with E-state index in [2.05, 4.69) is 20.5 Å². The molecule has 0 saturated carbocycles. The quantitative estimate of drug-likeness (QED) is 0.747. The average Bonchev–Trinajstić information content (AvgIpc) is 2.94. The maximum Gasteiger partial charge on any atom is 0.255 e. The molecule has 122 valence electrons. The van der Waals surface area contributed by atoms with Gasteiger partial charge in [-0.15, -0.1) is 10.2 Å². The van der Waals surface area contributed by atoms with E-state index in [1.807, 2.05) is 19.9 Å². The van der Waals surface area contributed by atoms with Gasteiger partial charge in [-0.25, -0.2) is 9.37 Å². The number of halogens is 1. The molecule has 2 heterocycles. The Morgan fingerprint density at radius 2 is 2.12 bits per heavy atom. The number of fused-ring (bicyclic) bond motifs is 1. The minimum absolute atomic E-state index is 0.221. The van der Waals surface area contributed by atoms with Gasteiger partial charge in [-0.1, -0.05) is 12.1 Å². The van der Waals surface area contributed by atoms with Crippen molar-refractivity contribution in [3.63, 3.8) is 0 Å². The summed E-state index contributed by atoms with van der Waals surface area (Å²) in [7, 11) is 0. The minimum Gasteiger partial charge on any atom is -0.345 e. The molecule has 0 unspecified atom stereocenters. The lowest BCUT2D eigenvalue weighted by molar-refractivity contribution is -0.116. The van der Waals surface area contributed by atoms with Crippen LogP contribution in [0.4, 0.5) is 4.39 Å². The largest absolute Gasteiger partial charge is 0.345 e. The van der Waals surface area contributed by atoms with Gasteiger partial charge in [0.15, 0.2) is 5.82 Å². The molecule has 1 aromatic carbocycles. The number of hydrogen-bond acceptors (Lipinski definition) is 4. The zero-order valence-corrected chi connectivity index (χ0v) is 13.3. The number of rotatable bonds is 4. The third-order valence-corrected chi connectivity index (χ3v) is 3.46. The molecule has 0 aliphatic carbocycles. The highest BCUT2D eigenvalue weighted by molar-refractivity contribution is 5.91. The summed E-state index contributed by atoms with van der Waals surface area (Å²) in [5.41, 5.74) is 2.43. The topological polar surface area (TPSA) is 72.2 Å². The molecule has 0 saturated heterocycles. The summed E-state index contributed by atoms with van der Waals surface area (Å²) in [5.74, 6) is 0.467. The van der Waals surface area contributed by atoms with E-state index < -0.39 is 0 Å². The number of aryl methyl sites for hydroxylation is 2. The zero-order chi connectivity index (χ0) is 17.1. The first-order valence-electron chi connectivity index (χ1n) is 7.42. The van der Waals surface area contributed by atoms with Gasteiger partial charge in [0.1, 0.15) is 5.82 Å². The summed E-state index contributed by atoms with van der Waals surface area (Å²) in [4.78, 5) is 16.2. The fourth-order valence-electron chi connectivity index (χ4n) is 2.42. The van der Waals surface area contributed by atoms with E-state index in [1.54, 1.807) is 22.6 Å². The fourth-order valence-corrected chi connectivity index (χ4v) is 2.42. The van der Waals surface area contributed by atoms with Gasteiger partial charge in [0.2, 0.25) is 5.91 Å². The van der Waals surface area contributed by atoms with Crippen molar-refractivity contribution >= 4 is 17.8 Å². The number of amides is 1. The number of hydrogen-bond donors (Lipinski definition) is 1. The zero-order valence-electron chi connectivity index (χ0n) is 13.3. The molecular weight excluding hydrogens is 309 g/mol. The molecule has 0 fully saturated rings. The Hall–Kier alpha value is -3.09. The second-order valence-electron chi connectivity index (χ2n) is 5.40. The van der Waals surface area contributed by atoms with Crippen LogP contribution in [0.3, 0.4) is 0 Å². The van der Waals surface area contributed by atoms with Crippen molar-refractivity contribution in [1.29, 1.82) is 0 Å². The van der Waals surface area contributed by atoms with Crippen LogP contribution in [0.2, 0.25) is 0 Å². The lowest BCUT2D eigenvalue weighted by Crippen LogP contribution is -2.22. The molecular formula is C17H16FN5O. The van der Waals surface area contributed by atoms with Crippen LogP contribution in [0.25, 0.3) is 11.9 Å². The third kappa shape index (κ3) is 3.45. The van der Waals surface area contributed by atoms with Crippen LogP contribution < -0.4 is 5.32 Å². The monoisotopic (exact) mass is 325 g/mol. The van der Waals surface area contributed by atoms with E-state index >= 15 is 0 Å². The Balaban J connectivity index is 1.69. The lowest BCUT2D eigenvalue weighted by atomic mass is 10.2. The van der Waals surface area contributed by atoms with Crippen LogP contribution >= 0.6 is 0 Å². The van der Waals surface area contributed by atoms with E-state index in [4.69, 9.17) is 0 Å². The molecule has 2 aromatic heterocycles. The number of benzene rings is 1. The molecule has 3 rings (SSSR count). The number of nitrogens with one attached hydrogen (secondary N) is 1. The van der Waals surface area contributed by atoms with Crippen LogP contribution in [-0.2, 0) is 11.3 Å². The van der Waals surface area contributed by atoms with E-state index in [0.717, 1.165) is 11.4 Å². The second-order valence-corrected chi connectivity index (χ2v) is 5.40. The normalized spacial score (nSPS) is 11.3. The van der Waals surface area contributed by atoms with Crippen LogP contribution in [0.5, 0.6) is 0 Å². The second kappa shape index (κ2) is 6.57. The highest BCUT2D eigenvalue weighted by atomic mass is 19.1. The van der Waals surface area contributed by atoms with Gasteiger partial charge in [0, 0.05) is 17.5 Å². The number of aromatic nitrogens is 4. The molecule has 1 N–H and O–H groups in total. The highest BCUT2D eigenvalue weighted by Gasteiger charge is 2.10. The lowest BCUT2D eigenvalue weighted by Gasteiger charge is -2.04. The average molecular weight is 325 g/mol. The summed E-state index contributed by atoms with van der Waals surface area (Å²) in [6.45, 7) is 4.04. The Morgan fingerprint density at radius 1 is 1.29 bits per heavy atom.